The van der Waals surface area contributed by atoms with E-state index in [9.17, 15) is 18.0 Å². The van der Waals surface area contributed by atoms with E-state index in [-0.39, 0.29) is 36.2 Å². The minimum atomic E-state index is -3.08. The quantitative estimate of drug-likeness (QED) is 0.831. The fourth-order valence-corrected chi connectivity index (χ4v) is 5.42. The van der Waals surface area contributed by atoms with Gasteiger partial charge in [0.05, 0.1) is 29.3 Å². The Labute approximate surface area is 153 Å². The minimum absolute atomic E-state index is 0.0289. The van der Waals surface area contributed by atoms with Gasteiger partial charge in [0.2, 0.25) is 11.8 Å². The molecule has 1 aromatic rings. The zero-order valence-electron chi connectivity index (χ0n) is 14.8. The number of hydrogen-bond donors (Lipinski definition) is 1. The summed E-state index contributed by atoms with van der Waals surface area (Å²) in [5.74, 6) is -0.455. The average Bonchev–Trinajstić information content (AvgIpc) is 3.18. The van der Waals surface area contributed by atoms with Crippen molar-refractivity contribution in [1.29, 1.82) is 0 Å². The fourth-order valence-electron chi connectivity index (χ4n) is 3.33. The maximum Gasteiger partial charge on any atom is 0.243 e. The van der Waals surface area contributed by atoms with Crippen LogP contribution in [0.15, 0.2) is 35.4 Å². The van der Waals surface area contributed by atoms with Crippen molar-refractivity contribution in [2.24, 2.45) is 5.10 Å². The predicted molar refractivity (Wildman–Crippen MR) is 98.4 cm³/mol. The molecule has 7 nitrogen and oxygen atoms in total. The first-order chi connectivity index (χ1) is 12.3. The van der Waals surface area contributed by atoms with E-state index < -0.39 is 15.4 Å². The van der Waals surface area contributed by atoms with Crippen LogP contribution >= 0.6 is 0 Å². The number of nitrogens with zero attached hydrogens (tertiary/aromatic N) is 2. The second-order valence-electron chi connectivity index (χ2n) is 7.13. The first-order valence-electron chi connectivity index (χ1n) is 8.71. The van der Waals surface area contributed by atoms with Crippen molar-refractivity contribution in [3.05, 3.63) is 35.9 Å². The molecular weight excluding hydrogens is 354 g/mol. The molecular formula is C18H23N3O4S. The summed E-state index contributed by atoms with van der Waals surface area (Å²) in [6.07, 6.45) is 1.19. The minimum Gasteiger partial charge on any atom is -0.350 e. The van der Waals surface area contributed by atoms with Gasteiger partial charge in [-0.15, -0.1) is 0 Å². The number of hydrogen-bond acceptors (Lipinski definition) is 5. The lowest BCUT2D eigenvalue weighted by Gasteiger charge is -2.24. The molecule has 140 valence electrons. The van der Waals surface area contributed by atoms with Crippen molar-refractivity contribution in [3.8, 4) is 0 Å². The van der Waals surface area contributed by atoms with Crippen LogP contribution in [-0.4, -0.2) is 54.5 Å². The number of sulfone groups is 1. The van der Waals surface area contributed by atoms with Gasteiger partial charge in [-0.25, -0.2) is 13.4 Å². The molecule has 0 spiro atoms. The fraction of sp³-hybridized carbons (Fsp3) is 0.500. The lowest BCUT2D eigenvalue weighted by Crippen LogP contribution is -2.47. The summed E-state index contributed by atoms with van der Waals surface area (Å²) in [5.41, 5.74) is 1.13. The molecule has 26 heavy (non-hydrogen) atoms. The van der Waals surface area contributed by atoms with Crippen molar-refractivity contribution in [2.75, 3.05) is 18.1 Å². The van der Waals surface area contributed by atoms with E-state index in [1.54, 1.807) is 6.92 Å². The van der Waals surface area contributed by atoms with Gasteiger partial charge in [-0.1, -0.05) is 30.3 Å². The second kappa shape index (κ2) is 7.19. The Morgan fingerprint density at radius 1 is 1.23 bits per heavy atom. The maximum atomic E-state index is 12.3. The highest BCUT2D eigenvalue weighted by Crippen LogP contribution is 2.23. The molecule has 2 heterocycles. The largest absolute Gasteiger partial charge is 0.350 e. The first-order valence-corrected chi connectivity index (χ1v) is 10.5. The highest BCUT2D eigenvalue weighted by molar-refractivity contribution is 7.91. The van der Waals surface area contributed by atoms with Gasteiger partial charge in [0.15, 0.2) is 9.84 Å². The third-order valence-corrected chi connectivity index (χ3v) is 6.61. The van der Waals surface area contributed by atoms with Crippen LogP contribution in [0.25, 0.3) is 0 Å². The van der Waals surface area contributed by atoms with Gasteiger partial charge in [0, 0.05) is 19.3 Å². The van der Waals surface area contributed by atoms with Crippen molar-refractivity contribution < 1.29 is 18.0 Å². The second-order valence-corrected chi connectivity index (χ2v) is 9.31. The molecule has 1 fully saturated rings. The Morgan fingerprint density at radius 2 is 1.96 bits per heavy atom. The molecule has 1 aromatic carbocycles. The molecule has 1 unspecified atom stereocenters. The summed E-state index contributed by atoms with van der Waals surface area (Å²) in [6, 6.07) is 9.69. The number of rotatable bonds is 5. The average molecular weight is 377 g/mol. The van der Waals surface area contributed by atoms with Crippen molar-refractivity contribution in [3.63, 3.8) is 0 Å². The van der Waals surface area contributed by atoms with Crippen molar-refractivity contribution in [1.82, 2.24) is 10.3 Å². The predicted octanol–water partition coefficient (Wildman–Crippen LogP) is 1.10. The standard InChI is InChI=1S/C18H23N3O4S/c1-18(10-12-26(24,25)13-18)19-16(22)7-8-17(23)21-11-9-15(20-21)14-5-3-2-4-6-14/h2-6H,7-13H2,1H3,(H,19,22). The number of carbonyl (C=O) groups excluding carboxylic acids is 2. The Kier molecular flexibility index (Phi) is 5.13. The molecule has 1 N–H and O–H groups in total. The SMILES string of the molecule is CC1(NC(=O)CCC(=O)N2CCC(c3ccccc3)=N2)CCS(=O)(=O)C1. The van der Waals surface area contributed by atoms with Crippen LogP contribution in [0, 0.1) is 0 Å². The van der Waals surface area contributed by atoms with Gasteiger partial charge in [0.25, 0.3) is 0 Å². The third-order valence-electron chi connectivity index (χ3n) is 4.71. The molecule has 2 aliphatic heterocycles. The Hall–Kier alpha value is -2.22. The summed E-state index contributed by atoms with van der Waals surface area (Å²) in [6.45, 7) is 2.24. The van der Waals surface area contributed by atoms with Crippen molar-refractivity contribution >= 4 is 27.4 Å². The normalized spacial score (nSPS) is 24.3. The van der Waals surface area contributed by atoms with Gasteiger partial charge in [-0.3, -0.25) is 9.59 Å². The lowest BCUT2D eigenvalue weighted by molar-refractivity contribution is -0.133. The Morgan fingerprint density at radius 3 is 2.62 bits per heavy atom. The van der Waals surface area contributed by atoms with E-state index in [0.29, 0.717) is 19.4 Å². The highest BCUT2D eigenvalue weighted by atomic mass is 32.2. The van der Waals surface area contributed by atoms with Crippen LogP contribution in [0.1, 0.15) is 38.2 Å². The zero-order chi connectivity index (χ0) is 18.8. The van der Waals surface area contributed by atoms with E-state index in [1.807, 2.05) is 30.3 Å². The molecule has 0 aliphatic carbocycles. The van der Waals surface area contributed by atoms with E-state index in [0.717, 1.165) is 11.3 Å². The topological polar surface area (TPSA) is 95.9 Å². The molecule has 2 amide bonds. The summed E-state index contributed by atoms with van der Waals surface area (Å²) < 4.78 is 23.2. The molecule has 0 bridgehead atoms. The molecule has 2 aliphatic rings. The van der Waals surface area contributed by atoms with Crippen LogP contribution in [0.4, 0.5) is 0 Å². The van der Waals surface area contributed by atoms with Gasteiger partial charge in [-0.05, 0) is 18.9 Å². The molecule has 3 rings (SSSR count). The van der Waals surface area contributed by atoms with Gasteiger partial charge in [0.1, 0.15) is 0 Å². The number of hydrazone groups is 1. The Bertz CT molecular complexity index is 835. The van der Waals surface area contributed by atoms with Gasteiger partial charge in [-0.2, -0.15) is 5.10 Å². The summed E-state index contributed by atoms with van der Waals surface area (Å²) in [5, 5.41) is 8.54. The highest BCUT2D eigenvalue weighted by Gasteiger charge is 2.39. The molecule has 1 saturated heterocycles. The van der Waals surface area contributed by atoms with Crippen molar-refractivity contribution in [2.45, 2.75) is 38.1 Å². The third kappa shape index (κ3) is 4.49. The van der Waals surface area contributed by atoms with Crippen LogP contribution < -0.4 is 5.32 Å². The smallest absolute Gasteiger partial charge is 0.243 e. The van der Waals surface area contributed by atoms with Crippen LogP contribution in [0.3, 0.4) is 0 Å². The van der Waals surface area contributed by atoms with Crippen LogP contribution in [-0.2, 0) is 19.4 Å². The van der Waals surface area contributed by atoms with Gasteiger partial charge < -0.3 is 5.32 Å². The molecule has 0 saturated carbocycles. The molecule has 8 heteroatoms. The van der Waals surface area contributed by atoms with E-state index >= 15 is 0 Å². The van der Waals surface area contributed by atoms with E-state index in [2.05, 4.69) is 10.4 Å². The molecule has 0 aromatic heterocycles. The van der Waals surface area contributed by atoms with E-state index in [1.165, 1.54) is 5.01 Å². The number of nitrogens with one attached hydrogen (secondary N) is 1. The lowest BCUT2D eigenvalue weighted by atomic mass is 10.0. The van der Waals surface area contributed by atoms with Crippen LogP contribution in [0.2, 0.25) is 0 Å². The maximum absolute atomic E-state index is 12.3. The number of amides is 2. The number of carbonyl (C=O) groups is 2. The monoisotopic (exact) mass is 377 g/mol. The summed E-state index contributed by atoms with van der Waals surface area (Å²) >= 11 is 0. The summed E-state index contributed by atoms with van der Waals surface area (Å²) in [7, 11) is -3.08. The summed E-state index contributed by atoms with van der Waals surface area (Å²) in [4.78, 5) is 24.4. The van der Waals surface area contributed by atoms with E-state index in [4.69, 9.17) is 0 Å². The molecule has 0 radical (unpaired) electrons. The van der Waals surface area contributed by atoms with Crippen LogP contribution in [0.5, 0.6) is 0 Å². The zero-order valence-corrected chi connectivity index (χ0v) is 15.6. The number of benzene rings is 1. The molecule has 1 atom stereocenters. The Balaban J connectivity index is 1.50. The first kappa shape index (κ1) is 18.6. The van der Waals surface area contributed by atoms with Gasteiger partial charge >= 0.3 is 0 Å².